The molecule has 1 aliphatic rings. The molecule has 2 aromatic rings. The van der Waals surface area contributed by atoms with E-state index in [0.717, 1.165) is 42.2 Å². The minimum absolute atomic E-state index is 0.492. The van der Waals surface area contributed by atoms with Gasteiger partial charge in [0, 0.05) is 30.0 Å². The number of aromatic nitrogens is 1. The normalized spacial score (nSPS) is 18.1. The zero-order valence-electron chi connectivity index (χ0n) is 11.3. The summed E-state index contributed by atoms with van der Waals surface area (Å²) in [6.07, 6.45) is 4.63. The standard InChI is InChI=1S/C16H18N2O2/c17-15-3-1-2-13(6-15)14-7-16(9-18-8-14)20-11-12-4-5-19-10-12/h1-3,6-9,12H,4-5,10-11,17H2. The van der Waals surface area contributed by atoms with E-state index in [9.17, 15) is 0 Å². The molecule has 4 nitrogen and oxygen atoms in total. The molecule has 104 valence electrons. The van der Waals surface area contributed by atoms with Gasteiger partial charge < -0.3 is 15.2 Å². The van der Waals surface area contributed by atoms with E-state index in [1.807, 2.05) is 36.5 Å². The highest BCUT2D eigenvalue weighted by atomic mass is 16.5. The lowest BCUT2D eigenvalue weighted by Gasteiger charge is -2.11. The van der Waals surface area contributed by atoms with E-state index < -0.39 is 0 Å². The SMILES string of the molecule is Nc1cccc(-c2cncc(OCC3CCOC3)c2)c1. The van der Waals surface area contributed by atoms with E-state index in [1.165, 1.54) is 0 Å². The second kappa shape index (κ2) is 5.92. The average Bonchev–Trinajstić information content (AvgIpc) is 2.99. The Balaban J connectivity index is 1.72. The Morgan fingerprint density at radius 2 is 2.20 bits per heavy atom. The summed E-state index contributed by atoms with van der Waals surface area (Å²) in [5.74, 6) is 1.28. The highest BCUT2D eigenvalue weighted by Gasteiger charge is 2.16. The first-order chi connectivity index (χ1) is 9.81. The molecule has 0 bridgehead atoms. The van der Waals surface area contributed by atoms with Gasteiger partial charge in [-0.05, 0) is 30.2 Å². The van der Waals surface area contributed by atoms with Gasteiger partial charge in [0.05, 0.1) is 19.4 Å². The third-order valence-corrected chi connectivity index (χ3v) is 3.44. The van der Waals surface area contributed by atoms with Crippen LogP contribution in [0.3, 0.4) is 0 Å². The van der Waals surface area contributed by atoms with Crippen molar-refractivity contribution in [2.24, 2.45) is 5.92 Å². The Hall–Kier alpha value is -2.07. The Kier molecular flexibility index (Phi) is 3.83. The molecule has 0 aliphatic carbocycles. The minimum atomic E-state index is 0.492. The van der Waals surface area contributed by atoms with Crippen molar-refractivity contribution in [3.05, 3.63) is 42.7 Å². The lowest BCUT2D eigenvalue weighted by molar-refractivity contribution is 0.167. The molecule has 1 atom stereocenters. The summed E-state index contributed by atoms with van der Waals surface area (Å²) in [5.41, 5.74) is 8.62. The van der Waals surface area contributed by atoms with E-state index in [-0.39, 0.29) is 0 Å². The predicted octanol–water partition coefficient (Wildman–Crippen LogP) is 2.75. The first kappa shape index (κ1) is 12.9. The molecule has 2 N–H and O–H groups in total. The van der Waals surface area contributed by atoms with Crippen LogP contribution >= 0.6 is 0 Å². The van der Waals surface area contributed by atoms with Gasteiger partial charge in [0.2, 0.25) is 0 Å². The molecule has 1 aliphatic heterocycles. The molecule has 1 aromatic heterocycles. The first-order valence-corrected chi connectivity index (χ1v) is 6.83. The van der Waals surface area contributed by atoms with Gasteiger partial charge in [-0.15, -0.1) is 0 Å². The Morgan fingerprint density at radius 3 is 3.00 bits per heavy atom. The molecule has 0 spiro atoms. The van der Waals surface area contributed by atoms with Crippen LogP contribution in [0.4, 0.5) is 5.69 Å². The van der Waals surface area contributed by atoms with Crippen LogP contribution in [-0.4, -0.2) is 24.8 Å². The number of hydrogen-bond acceptors (Lipinski definition) is 4. The molecule has 1 unspecified atom stereocenters. The number of pyridine rings is 1. The number of ether oxygens (including phenoxy) is 2. The van der Waals surface area contributed by atoms with Crippen LogP contribution in [0.25, 0.3) is 11.1 Å². The first-order valence-electron chi connectivity index (χ1n) is 6.83. The van der Waals surface area contributed by atoms with Crippen molar-refractivity contribution in [1.82, 2.24) is 4.98 Å². The number of hydrogen-bond donors (Lipinski definition) is 1. The topological polar surface area (TPSA) is 57.4 Å². The smallest absolute Gasteiger partial charge is 0.138 e. The molecular formula is C16H18N2O2. The average molecular weight is 270 g/mol. The summed E-state index contributed by atoms with van der Waals surface area (Å²) in [4.78, 5) is 4.24. The van der Waals surface area contributed by atoms with Crippen molar-refractivity contribution in [3.8, 4) is 16.9 Å². The summed E-state index contributed by atoms with van der Waals surface area (Å²) in [7, 11) is 0. The zero-order valence-corrected chi connectivity index (χ0v) is 11.3. The van der Waals surface area contributed by atoms with Gasteiger partial charge in [-0.2, -0.15) is 0 Å². The van der Waals surface area contributed by atoms with E-state index in [1.54, 1.807) is 6.20 Å². The highest BCUT2D eigenvalue weighted by Crippen LogP contribution is 2.24. The molecule has 1 saturated heterocycles. The van der Waals surface area contributed by atoms with E-state index in [2.05, 4.69) is 4.98 Å². The van der Waals surface area contributed by atoms with Crippen molar-refractivity contribution in [2.75, 3.05) is 25.6 Å². The number of benzene rings is 1. The van der Waals surface area contributed by atoms with Crippen LogP contribution < -0.4 is 10.5 Å². The number of nitrogens with two attached hydrogens (primary N) is 1. The summed E-state index contributed by atoms with van der Waals surface area (Å²) >= 11 is 0. The van der Waals surface area contributed by atoms with Crippen LogP contribution in [-0.2, 0) is 4.74 Å². The highest BCUT2D eigenvalue weighted by molar-refractivity contribution is 5.67. The maximum atomic E-state index is 5.81. The molecule has 3 rings (SSSR count). The summed E-state index contributed by atoms with van der Waals surface area (Å²) in [6, 6.07) is 9.76. The molecule has 0 amide bonds. The fourth-order valence-corrected chi connectivity index (χ4v) is 2.30. The van der Waals surface area contributed by atoms with E-state index in [4.69, 9.17) is 15.2 Å². The summed E-state index contributed by atoms with van der Waals surface area (Å²) in [5, 5.41) is 0. The molecule has 1 aromatic carbocycles. The lowest BCUT2D eigenvalue weighted by Crippen LogP contribution is -2.11. The Bertz CT molecular complexity index is 580. The molecule has 0 saturated carbocycles. The number of rotatable bonds is 4. The van der Waals surface area contributed by atoms with E-state index in [0.29, 0.717) is 12.5 Å². The van der Waals surface area contributed by atoms with Gasteiger partial charge in [0.15, 0.2) is 0 Å². The van der Waals surface area contributed by atoms with Crippen LogP contribution in [0.1, 0.15) is 6.42 Å². The van der Waals surface area contributed by atoms with Crippen molar-refractivity contribution in [3.63, 3.8) is 0 Å². The van der Waals surface area contributed by atoms with Gasteiger partial charge >= 0.3 is 0 Å². The van der Waals surface area contributed by atoms with Crippen molar-refractivity contribution in [2.45, 2.75) is 6.42 Å². The van der Waals surface area contributed by atoms with E-state index >= 15 is 0 Å². The summed E-state index contributed by atoms with van der Waals surface area (Å²) in [6.45, 7) is 2.32. The zero-order chi connectivity index (χ0) is 13.8. The fourth-order valence-electron chi connectivity index (χ4n) is 2.30. The van der Waals surface area contributed by atoms with Gasteiger partial charge in [0.25, 0.3) is 0 Å². The largest absolute Gasteiger partial charge is 0.492 e. The molecule has 20 heavy (non-hydrogen) atoms. The number of anilines is 1. The second-order valence-electron chi connectivity index (χ2n) is 5.08. The predicted molar refractivity (Wildman–Crippen MR) is 78.5 cm³/mol. The van der Waals surface area contributed by atoms with Crippen LogP contribution in [0.5, 0.6) is 5.75 Å². The molecule has 4 heteroatoms. The Labute approximate surface area is 118 Å². The van der Waals surface area contributed by atoms with Crippen LogP contribution in [0.2, 0.25) is 0 Å². The maximum absolute atomic E-state index is 5.81. The van der Waals surface area contributed by atoms with Crippen molar-refractivity contribution < 1.29 is 9.47 Å². The monoisotopic (exact) mass is 270 g/mol. The second-order valence-corrected chi connectivity index (χ2v) is 5.08. The van der Waals surface area contributed by atoms with Gasteiger partial charge in [0.1, 0.15) is 5.75 Å². The maximum Gasteiger partial charge on any atom is 0.138 e. The summed E-state index contributed by atoms with van der Waals surface area (Å²) < 4.78 is 11.2. The van der Waals surface area contributed by atoms with Crippen molar-refractivity contribution in [1.29, 1.82) is 0 Å². The fraction of sp³-hybridized carbons (Fsp3) is 0.312. The number of nitrogens with zero attached hydrogens (tertiary/aromatic N) is 1. The van der Waals surface area contributed by atoms with Crippen LogP contribution in [0, 0.1) is 5.92 Å². The quantitative estimate of drug-likeness (QED) is 0.868. The molecule has 2 heterocycles. The molecule has 1 fully saturated rings. The Morgan fingerprint density at radius 1 is 1.25 bits per heavy atom. The lowest BCUT2D eigenvalue weighted by atomic mass is 10.1. The minimum Gasteiger partial charge on any atom is -0.492 e. The number of nitrogen functional groups attached to an aromatic ring is 1. The van der Waals surface area contributed by atoms with Crippen molar-refractivity contribution >= 4 is 5.69 Å². The van der Waals surface area contributed by atoms with Gasteiger partial charge in [-0.3, -0.25) is 4.98 Å². The van der Waals surface area contributed by atoms with Gasteiger partial charge in [-0.1, -0.05) is 12.1 Å². The molecule has 0 radical (unpaired) electrons. The molecular weight excluding hydrogens is 252 g/mol. The van der Waals surface area contributed by atoms with Gasteiger partial charge in [-0.25, -0.2) is 0 Å². The third-order valence-electron chi connectivity index (χ3n) is 3.44. The van der Waals surface area contributed by atoms with Crippen LogP contribution in [0.15, 0.2) is 42.7 Å². The third kappa shape index (κ3) is 3.08.